The van der Waals surface area contributed by atoms with Crippen LogP contribution in [0.15, 0.2) is 23.1 Å². The van der Waals surface area contributed by atoms with Crippen molar-refractivity contribution in [2.75, 3.05) is 19.7 Å². The fourth-order valence-corrected chi connectivity index (χ4v) is 2.43. The van der Waals surface area contributed by atoms with Gasteiger partial charge < -0.3 is 14.2 Å². The van der Waals surface area contributed by atoms with Crippen LogP contribution in [-0.2, 0) is 16.6 Å². The smallest absolute Gasteiger partial charge is 0.417 e. The molecule has 110 valence electrons. The number of imide groups is 1. The van der Waals surface area contributed by atoms with Gasteiger partial charge in [-0.05, 0) is 12.1 Å². The lowest BCUT2D eigenvalue weighted by atomic mass is 10.1. The molecule has 0 bridgehead atoms. The number of hydrogen-bond acceptors (Lipinski definition) is 5. The van der Waals surface area contributed by atoms with Crippen molar-refractivity contribution in [2.24, 2.45) is 7.05 Å². The summed E-state index contributed by atoms with van der Waals surface area (Å²) in [4.78, 5) is 49.4. The lowest BCUT2D eigenvalue weighted by molar-refractivity contribution is -0.129. The highest BCUT2D eigenvalue weighted by Crippen LogP contribution is 2.20. The summed E-state index contributed by atoms with van der Waals surface area (Å²) in [6, 6.07) is 2.71. The van der Waals surface area contributed by atoms with Gasteiger partial charge in [0.15, 0.2) is 6.61 Å². The second kappa shape index (κ2) is 4.72. The third-order valence-electron chi connectivity index (χ3n) is 3.65. The molecule has 0 unspecified atom stereocenters. The zero-order valence-corrected chi connectivity index (χ0v) is 11.3. The summed E-state index contributed by atoms with van der Waals surface area (Å²) in [5.74, 6) is -0.791. The molecular weight excluding hydrogens is 278 g/mol. The number of amides is 3. The molecule has 3 amide bonds. The van der Waals surface area contributed by atoms with E-state index in [9.17, 15) is 19.2 Å². The highest BCUT2D eigenvalue weighted by molar-refractivity contribution is 5.99. The van der Waals surface area contributed by atoms with E-state index < -0.39 is 17.9 Å². The number of rotatable bonds is 2. The van der Waals surface area contributed by atoms with Gasteiger partial charge in [0.05, 0.1) is 6.04 Å². The lowest BCUT2D eigenvalue weighted by Gasteiger charge is -2.41. The number of likely N-dealkylation sites (tertiary alicyclic amines) is 1. The number of ether oxygens (including phenoxy) is 1. The van der Waals surface area contributed by atoms with E-state index in [0.29, 0.717) is 0 Å². The molecule has 0 aromatic carbocycles. The molecule has 0 radical (unpaired) electrons. The second-order valence-electron chi connectivity index (χ2n) is 5.02. The van der Waals surface area contributed by atoms with Crippen molar-refractivity contribution in [1.82, 2.24) is 14.4 Å². The number of carbonyl (C=O) groups is 3. The van der Waals surface area contributed by atoms with Gasteiger partial charge in [0, 0.05) is 26.3 Å². The Morgan fingerprint density at radius 1 is 1.29 bits per heavy atom. The number of carbonyl (C=O) groups excluding carboxylic acids is 3. The van der Waals surface area contributed by atoms with Crippen LogP contribution in [0.2, 0.25) is 0 Å². The van der Waals surface area contributed by atoms with Gasteiger partial charge in [0.25, 0.3) is 17.4 Å². The number of nitrogens with zero attached hydrogens (tertiary/aromatic N) is 3. The van der Waals surface area contributed by atoms with Crippen LogP contribution in [0.3, 0.4) is 0 Å². The predicted octanol–water partition coefficient (Wildman–Crippen LogP) is -0.811. The van der Waals surface area contributed by atoms with E-state index in [2.05, 4.69) is 4.74 Å². The van der Waals surface area contributed by atoms with Crippen molar-refractivity contribution in [2.45, 2.75) is 6.04 Å². The van der Waals surface area contributed by atoms with Crippen LogP contribution < -0.4 is 5.56 Å². The van der Waals surface area contributed by atoms with Crippen molar-refractivity contribution in [1.29, 1.82) is 0 Å². The summed E-state index contributed by atoms with van der Waals surface area (Å²) in [6.07, 6.45) is 0.893. The molecule has 1 aromatic rings. The maximum Gasteiger partial charge on any atom is 0.417 e. The number of pyridine rings is 1. The quantitative estimate of drug-likeness (QED) is 0.711. The minimum absolute atomic E-state index is 0.0776. The fourth-order valence-electron chi connectivity index (χ4n) is 2.43. The van der Waals surface area contributed by atoms with Crippen molar-refractivity contribution < 1.29 is 19.1 Å². The summed E-state index contributed by atoms with van der Waals surface area (Å²) in [5, 5.41) is 0. The number of hydrogen-bond donors (Lipinski definition) is 0. The third-order valence-corrected chi connectivity index (χ3v) is 3.65. The van der Waals surface area contributed by atoms with E-state index >= 15 is 0 Å². The summed E-state index contributed by atoms with van der Waals surface area (Å²) in [5.41, 5.74) is -0.295. The number of cyclic esters (lactones) is 1. The van der Waals surface area contributed by atoms with E-state index in [1.807, 2.05) is 0 Å². The van der Waals surface area contributed by atoms with Crippen molar-refractivity contribution in [3.05, 3.63) is 34.2 Å². The van der Waals surface area contributed by atoms with Gasteiger partial charge in [-0.25, -0.2) is 9.69 Å². The van der Waals surface area contributed by atoms with E-state index in [1.165, 1.54) is 15.5 Å². The first-order valence-corrected chi connectivity index (χ1v) is 6.43. The Kier molecular flexibility index (Phi) is 3.00. The molecule has 1 aromatic heterocycles. The summed E-state index contributed by atoms with van der Waals surface area (Å²) < 4.78 is 5.96. The summed E-state index contributed by atoms with van der Waals surface area (Å²) in [6.45, 7) is 0.192. The van der Waals surface area contributed by atoms with E-state index in [-0.39, 0.29) is 36.9 Å². The van der Waals surface area contributed by atoms with Gasteiger partial charge in [-0.3, -0.25) is 14.4 Å². The van der Waals surface area contributed by atoms with E-state index in [4.69, 9.17) is 0 Å². The van der Waals surface area contributed by atoms with E-state index in [1.54, 1.807) is 19.3 Å². The molecule has 2 fully saturated rings. The lowest BCUT2D eigenvalue weighted by Crippen LogP contribution is -2.62. The third kappa shape index (κ3) is 2.08. The van der Waals surface area contributed by atoms with Gasteiger partial charge in [-0.15, -0.1) is 0 Å². The molecule has 0 aliphatic carbocycles. The Morgan fingerprint density at radius 3 is 2.62 bits per heavy atom. The highest BCUT2D eigenvalue weighted by atomic mass is 16.6. The van der Waals surface area contributed by atoms with Gasteiger partial charge in [0.2, 0.25) is 0 Å². The Balaban J connectivity index is 1.70. The molecule has 0 saturated carbocycles. The second-order valence-corrected chi connectivity index (χ2v) is 5.02. The van der Waals surface area contributed by atoms with Gasteiger partial charge >= 0.3 is 6.09 Å². The average molecular weight is 291 g/mol. The minimum Gasteiger partial charge on any atom is -0.439 e. The first-order chi connectivity index (χ1) is 9.99. The normalized spacial score (nSPS) is 18.7. The summed E-state index contributed by atoms with van der Waals surface area (Å²) in [7, 11) is 1.57. The molecule has 8 nitrogen and oxygen atoms in total. The van der Waals surface area contributed by atoms with Crippen LogP contribution in [0, 0.1) is 0 Å². The van der Waals surface area contributed by atoms with Crippen molar-refractivity contribution in [3.8, 4) is 0 Å². The minimum atomic E-state index is -0.673. The Morgan fingerprint density at radius 2 is 2.00 bits per heavy atom. The molecule has 2 aliphatic heterocycles. The van der Waals surface area contributed by atoms with Crippen LogP contribution in [-0.4, -0.2) is 58.0 Å². The fraction of sp³-hybridized carbons (Fsp3) is 0.385. The molecule has 3 heterocycles. The van der Waals surface area contributed by atoms with Gasteiger partial charge in [-0.2, -0.15) is 0 Å². The topological polar surface area (TPSA) is 88.9 Å². The molecule has 2 saturated heterocycles. The first-order valence-electron chi connectivity index (χ1n) is 6.43. The maximum atomic E-state index is 12.2. The molecule has 2 aliphatic rings. The van der Waals surface area contributed by atoms with Crippen LogP contribution >= 0.6 is 0 Å². The maximum absolute atomic E-state index is 12.2. The number of aromatic nitrogens is 1. The molecule has 0 spiro atoms. The zero-order valence-electron chi connectivity index (χ0n) is 11.3. The van der Waals surface area contributed by atoms with Gasteiger partial charge in [0.1, 0.15) is 5.56 Å². The largest absolute Gasteiger partial charge is 0.439 e. The predicted molar refractivity (Wildman–Crippen MR) is 69.6 cm³/mol. The molecule has 8 heteroatoms. The monoisotopic (exact) mass is 291 g/mol. The van der Waals surface area contributed by atoms with E-state index in [0.717, 1.165) is 4.90 Å². The molecular formula is C13H13N3O5. The Labute approximate surface area is 119 Å². The summed E-state index contributed by atoms with van der Waals surface area (Å²) >= 11 is 0. The van der Waals surface area contributed by atoms with Gasteiger partial charge in [-0.1, -0.05) is 0 Å². The Hall–Kier alpha value is -2.64. The standard InChI is InChI=1S/C13H13N3O5/c1-14-4-2-3-9(11(14)18)12(19)15-5-8(6-15)16-10(17)7-21-13(16)20/h2-4,8H,5-7H2,1H3. The van der Waals surface area contributed by atoms with Crippen LogP contribution in [0.5, 0.6) is 0 Å². The zero-order chi connectivity index (χ0) is 15.1. The van der Waals surface area contributed by atoms with Crippen molar-refractivity contribution in [3.63, 3.8) is 0 Å². The molecule has 0 atom stereocenters. The number of aryl methyl sites for hydroxylation is 1. The SMILES string of the molecule is Cn1cccc(C(=O)N2CC(N3C(=O)COC3=O)C2)c1=O. The molecule has 21 heavy (non-hydrogen) atoms. The average Bonchev–Trinajstić information content (AvgIpc) is 2.72. The molecule has 0 N–H and O–H groups in total. The highest BCUT2D eigenvalue weighted by Gasteiger charge is 2.44. The van der Waals surface area contributed by atoms with Crippen LogP contribution in [0.25, 0.3) is 0 Å². The Bertz CT molecular complexity index is 673. The van der Waals surface area contributed by atoms with Crippen LogP contribution in [0.1, 0.15) is 10.4 Å². The molecule has 3 rings (SSSR count). The van der Waals surface area contributed by atoms with Crippen LogP contribution in [0.4, 0.5) is 4.79 Å². The first kappa shape index (κ1) is 13.3. The van der Waals surface area contributed by atoms with Crippen molar-refractivity contribution >= 4 is 17.9 Å².